The zero-order valence-corrected chi connectivity index (χ0v) is 19.6. The van der Waals surface area contributed by atoms with Gasteiger partial charge in [-0.25, -0.2) is 9.98 Å². The van der Waals surface area contributed by atoms with E-state index in [1.54, 1.807) is 6.20 Å². The SMILES string of the molecule is CCNC(=NCc1cccc(Cn2ccnc2)c1)NCCOCCC(C)C.I. The fourth-order valence-corrected chi connectivity index (χ4v) is 2.59. The molecule has 0 unspecified atom stereocenters. The van der Waals surface area contributed by atoms with Gasteiger partial charge in [0.05, 0.1) is 19.5 Å². The largest absolute Gasteiger partial charge is 0.380 e. The summed E-state index contributed by atoms with van der Waals surface area (Å²) in [6.45, 7) is 11.1. The lowest BCUT2D eigenvalue weighted by atomic mass is 10.1. The Morgan fingerprint density at radius 1 is 1.21 bits per heavy atom. The number of imidazole rings is 1. The molecule has 7 heteroatoms. The minimum Gasteiger partial charge on any atom is -0.380 e. The fourth-order valence-electron chi connectivity index (χ4n) is 2.59. The molecule has 156 valence electrons. The normalized spacial score (nSPS) is 11.4. The van der Waals surface area contributed by atoms with Crippen molar-refractivity contribution < 1.29 is 4.74 Å². The molecule has 2 rings (SSSR count). The van der Waals surface area contributed by atoms with Crippen LogP contribution in [0.4, 0.5) is 0 Å². The van der Waals surface area contributed by atoms with Crippen LogP contribution >= 0.6 is 24.0 Å². The summed E-state index contributed by atoms with van der Waals surface area (Å²) in [5.74, 6) is 1.51. The predicted molar refractivity (Wildman–Crippen MR) is 126 cm³/mol. The lowest BCUT2D eigenvalue weighted by Crippen LogP contribution is -2.39. The molecule has 0 aliphatic heterocycles. The first kappa shape index (κ1) is 24.4. The van der Waals surface area contributed by atoms with Gasteiger partial charge in [0.15, 0.2) is 5.96 Å². The number of aromatic nitrogens is 2. The molecule has 0 spiro atoms. The maximum atomic E-state index is 5.65. The van der Waals surface area contributed by atoms with Crippen molar-refractivity contribution in [3.8, 4) is 0 Å². The van der Waals surface area contributed by atoms with E-state index in [1.807, 2.05) is 12.5 Å². The Bertz CT molecular complexity index is 673. The summed E-state index contributed by atoms with van der Waals surface area (Å²) in [6.07, 6.45) is 6.71. The first-order chi connectivity index (χ1) is 13.2. The summed E-state index contributed by atoms with van der Waals surface area (Å²) >= 11 is 0. The number of hydrogen-bond donors (Lipinski definition) is 2. The van der Waals surface area contributed by atoms with Crippen molar-refractivity contribution in [1.29, 1.82) is 0 Å². The average molecular weight is 499 g/mol. The topological polar surface area (TPSA) is 63.5 Å². The Hall–Kier alpha value is -1.61. The third kappa shape index (κ3) is 10.1. The summed E-state index contributed by atoms with van der Waals surface area (Å²) in [6, 6.07) is 8.52. The molecule has 0 radical (unpaired) electrons. The number of halogens is 1. The molecule has 0 aliphatic carbocycles. The van der Waals surface area contributed by atoms with Crippen LogP contribution in [0.25, 0.3) is 0 Å². The zero-order valence-electron chi connectivity index (χ0n) is 17.2. The van der Waals surface area contributed by atoms with Crippen molar-refractivity contribution in [3.05, 3.63) is 54.1 Å². The second-order valence-corrected chi connectivity index (χ2v) is 6.97. The molecule has 1 heterocycles. The van der Waals surface area contributed by atoms with Crippen molar-refractivity contribution in [2.75, 3.05) is 26.3 Å². The van der Waals surface area contributed by atoms with Gasteiger partial charge in [-0.1, -0.05) is 38.1 Å². The van der Waals surface area contributed by atoms with Crippen molar-refractivity contribution >= 4 is 29.9 Å². The van der Waals surface area contributed by atoms with Crippen LogP contribution in [0.2, 0.25) is 0 Å². The van der Waals surface area contributed by atoms with Gasteiger partial charge >= 0.3 is 0 Å². The van der Waals surface area contributed by atoms with Crippen LogP contribution in [0.15, 0.2) is 48.0 Å². The Balaban J connectivity index is 0.00000392. The number of hydrogen-bond acceptors (Lipinski definition) is 3. The molecule has 0 atom stereocenters. The molecule has 0 saturated heterocycles. The molecule has 2 N–H and O–H groups in total. The summed E-state index contributed by atoms with van der Waals surface area (Å²) in [4.78, 5) is 8.78. The van der Waals surface area contributed by atoms with E-state index in [0.717, 1.165) is 38.6 Å². The molecular weight excluding hydrogens is 465 g/mol. The van der Waals surface area contributed by atoms with Crippen LogP contribution in [0.5, 0.6) is 0 Å². The van der Waals surface area contributed by atoms with Crippen molar-refractivity contribution in [2.24, 2.45) is 10.9 Å². The lowest BCUT2D eigenvalue weighted by molar-refractivity contribution is 0.128. The molecule has 0 bridgehead atoms. The number of aliphatic imine (C=N–C) groups is 1. The summed E-state index contributed by atoms with van der Waals surface area (Å²) < 4.78 is 7.71. The Labute approximate surface area is 186 Å². The third-order valence-electron chi connectivity index (χ3n) is 4.06. The van der Waals surface area contributed by atoms with Gasteiger partial charge in [0, 0.05) is 38.6 Å². The highest BCUT2D eigenvalue weighted by Crippen LogP contribution is 2.08. The number of ether oxygens (including phenoxy) is 1. The van der Waals surface area contributed by atoms with Crippen LogP contribution in [0.3, 0.4) is 0 Å². The molecule has 6 nitrogen and oxygen atoms in total. The van der Waals surface area contributed by atoms with Gasteiger partial charge in [0.25, 0.3) is 0 Å². The Morgan fingerprint density at radius 3 is 2.75 bits per heavy atom. The quantitative estimate of drug-likeness (QED) is 0.214. The van der Waals surface area contributed by atoms with Crippen molar-refractivity contribution in [2.45, 2.75) is 40.3 Å². The average Bonchev–Trinajstić information content (AvgIpc) is 3.15. The maximum absolute atomic E-state index is 5.65. The molecule has 0 saturated carbocycles. The minimum absolute atomic E-state index is 0. The van der Waals surface area contributed by atoms with Crippen LogP contribution in [-0.2, 0) is 17.8 Å². The van der Waals surface area contributed by atoms with E-state index in [1.165, 1.54) is 11.1 Å². The fraction of sp³-hybridized carbons (Fsp3) is 0.524. The van der Waals surface area contributed by atoms with Gasteiger partial charge in [-0.2, -0.15) is 0 Å². The van der Waals surface area contributed by atoms with E-state index in [9.17, 15) is 0 Å². The van der Waals surface area contributed by atoms with Crippen molar-refractivity contribution in [3.63, 3.8) is 0 Å². The van der Waals surface area contributed by atoms with Gasteiger partial charge < -0.3 is 19.9 Å². The van der Waals surface area contributed by atoms with Gasteiger partial charge in [0.1, 0.15) is 0 Å². The van der Waals surface area contributed by atoms with Crippen LogP contribution < -0.4 is 10.6 Å². The van der Waals surface area contributed by atoms with Gasteiger partial charge in [-0.15, -0.1) is 24.0 Å². The van der Waals surface area contributed by atoms with Crippen LogP contribution in [0.1, 0.15) is 38.3 Å². The first-order valence-corrected chi connectivity index (χ1v) is 9.81. The number of nitrogens with zero attached hydrogens (tertiary/aromatic N) is 3. The van der Waals surface area contributed by atoms with E-state index < -0.39 is 0 Å². The van der Waals surface area contributed by atoms with E-state index in [4.69, 9.17) is 4.74 Å². The molecular formula is C21H34IN5O. The first-order valence-electron chi connectivity index (χ1n) is 9.81. The monoisotopic (exact) mass is 499 g/mol. The van der Waals surface area contributed by atoms with E-state index in [-0.39, 0.29) is 24.0 Å². The minimum atomic E-state index is 0. The van der Waals surface area contributed by atoms with E-state index in [2.05, 4.69) is 70.2 Å². The Kier molecular flexibility index (Phi) is 12.6. The van der Waals surface area contributed by atoms with E-state index >= 15 is 0 Å². The molecule has 2 aromatic rings. The molecule has 28 heavy (non-hydrogen) atoms. The highest BCUT2D eigenvalue weighted by atomic mass is 127. The highest BCUT2D eigenvalue weighted by Gasteiger charge is 2.00. The second kappa shape index (κ2) is 14.4. The van der Waals surface area contributed by atoms with E-state index in [0.29, 0.717) is 19.1 Å². The molecule has 0 aliphatic rings. The highest BCUT2D eigenvalue weighted by molar-refractivity contribution is 14.0. The summed E-state index contributed by atoms with van der Waals surface area (Å²) in [5.41, 5.74) is 2.44. The number of nitrogens with one attached hydrogen (secondary N) is 2. The maximum Gasteiger partial charge on any atom is 0.191 e. The molecule has 1 aromatic carbocycles. The Morgan fingerprint density at radius 2 is 2.04 bits per heavy atom. The molecule has 0 fully saturated rings. The molecule has 1 aromatic heterocycles. The number of guanidine groups is 1. The van der Waals surface area contributed by atoms with Gasteiger partial charge in [-0.3, -0.25) is 0 Å². The number of rotatable bonds is 11. The second-order valence-electron chi connectivity index (χ2n) is 6.97. The zero-order chi connectivity index (χ0) is 19.3. The number of benzene rings is 1. The summed E-state index contributed by atoms with van der Waals surface area (Å²) in [7, 11) is 0. The smallest absolute Gasteiger partial charge is 0.191 e. The third-order valence-corrected chi connectivity index (χ3v) is 4.06. The lowest BCUT2D eigenvalue weighted by Gasteiger charge is -2.12. The van der Waals surface area contributed by atoms with Crippen molar-refractivity contribution in [1.82, 2.24) is 20.2 Å². The molecule has 0 amide bonds. The van der Waals surface area contributed by atoms with Crippen LogP contribution in [0, 0.1) is 5.92 Å². The summed E-state index contributed by atoms with van der Waals surface area (Å²) in [5, 5.41) is 6.62. The standard InChI is InChI=1S/C21H33N5O.HI/c1-4-23-21(24-10-13-27-12-8-18(2)3)25-15-19-6-5-7-20(14-19)16-26-11-9-22-17-26;/h5-7,9,11,14,17-18H,4,8,10,12-13,15-16H2,1-3H3,(H2,23,24,25);1H. The van der Waals surface area contributed by atoms with Gasteiger partial charge in [0.2, 0.25) is 0 Å². The van der Waals surface area contributed by atoms with Gasteiger partial charge in [-0.05, 0) is 30.4 Å². The predicted octanol–water partition coefficient (Wildman–Crippen LogP) is 3.67. The van der Waals surface area contributed by atoms with Crippen LogP contribution in [-0.4, -0.2) is 41.8 Å².